The number of hydrogen-bond donors (Lipinski definition) is 1. The van der Waals surface area contributed by atoms with Crippen LogP contribution in [0.1, 0.15) is 25.8 Å². The minimum absolute atomic E-state index is 0.126. The van der Waals surface area contributed by atoms with E-state index in [-0.39, 0.29) is 23.3 Å². The van der Waals surface area contributed by atoms with Crippen LogP contribution in [0.5, 0.6) is 0 Å². The van der Waals surface area contributed by atoms with Crippen LogP contribution in [-0.4, -0.2) is 33.9 Å². The first-order valence-electron chi connectivity index (χ1n) is 10.3. The van der Waals surface area contributed by atoms with Crippen molar-refractivity contribution in [3.8, 4) is 0 Å². The maximum atomic E-state index is 13.1. The highest BCUT2D eigenvalue weighted by atomic mass is 35.5. The molecule has 170 valence electrons. The highest BCUT2D eigenvalue weighted by molar-refractivity contribution is 7.99. The predicted molar refractivity (Wildman–Crippen MR) is 131 cm³/mol. The molecule has 0 saturated heterocycles. The zero-order valence-electron chi connectivity index (χ0n) is 17.9. The number of rotatable bonds is 10. The molecule has 2 aromatic carbocycles. The number of nitrogens with zero attached hydrogens (tertiary/aromatic N) is 2. The summed E-state index contributed by atoms with van der Waals surface area (Å²) >= 11 is 13.3. The number of aromatic nitrogens is 2. The zero-order valence-corrected chi connectivity index (χ0v) is 20.3. The summed E-state index contributed by atoms with van der Waals surface area (Å²) in [5, 5.41) is 4.96. The van der Waals surface area contributed by atoms with Crippen LogP contribution in [0.4, 0.5) is 0 Å². The normalized spacial score (nSPS) is 11.3. The van der Waals surface area contributed by atoms with Gasteiger partial charge in [-0.2, -0.15) is 0 Å². The van der Waals surface area contributed by atoms with E-state index in [0.717, 1.165) is 5.56 Å². The molecule has 3 rings (SSSR count). The Labute approximate surface area is 201 Å². The van der Waals surface area contributed by atoms with Gasteiger partial charge in [-0.3, -0.25) is 14.2 Å². The molecule has 0 spiro atoms. The molecule has 32 heavy (non-hydrogen) atoms. The van der Waals surface area contributed by atoms with Gasteiger partial charge < -0.3 is 10.1 Å². The average molecular weight is 494 g/mol. The Kier molecular flexibility index (Phi) is 8.99. The molecule has 0 fully saturated rings. The van der Waals surface area contributed by atoms with E-state index in [4.69, 9.17) is 27.9 Å². The van der Waals surface area contributed by atoms with Crippen LogP contribution in [0.3, 0.4) is 0 Å². The molecule has 9 heteroatoms. The number of thioether (sulfide) groups is 1. The molecule has 1 N–H and O–H groups in total. The highest BCUT2D eigenvalue weighted by Gasteiger charge is 2.14. The molecule has 1 heterocycles. The molecular weight excluding hydrogens is 469 g/mol. The van der Waals surface area contributed by atoms with Crippen LogP contribution in [0, 0.1) is 0 Å². The summed E-state index contributed by atoms with van der Waals surface area (Å²) in [6, 6.07) is 12.3. The number of amides is 1. The van der Waals surface area contributed by atoms with Crippen molar-refractivity contribution in [2.75, 3.05) is 12.4 Å². The number of benzene rings is 2. The van der Waals surface area contributed by atoms with Gasteiger partial charge in [0.05, 0.1) is 22.8 Å². The molecule has 0 saturated carbocycles. The molecular formula is C23H25Cl2N3O3S. The van der Waals surface area contributed by atoms with E-state index in [9.17, 15) is 9.59 Å². The lowest BCUT2D eigenvalue weighted by atomic mass is 10.2. The van der Waals surface area contributed by atoms with Gasteiger partial charge in [0.15, 0.2) is 5.16 Å². The summed E-state index contributed by atoms with van der Waals surface area (Å²) < 4.78 is 7.20. The van der Waals surface area contributed by atoms with E-state index in [0.29, 0.717) is 52.2 Å². The molecule has 0 radical (unpaired) electrons. The van der Waals surface area contributed by atoms with Crippen molar-refractivity contribution >= 4 is 51.8 Å². The van der Waals surface area contributed by atoms with Crippen LogP contribution in [0.25, 0.3) is 10.9 Å². The molecule has 0 aliphatic rings. The van der Waals surface area contributed by atoms with E-state index >= 15 is 0 Å². The van der Waals surface area contributed by atoms with Gasteiger partial charge in [-0.15, -0.1) is 0 Å². The smallest absolute Gasteiger partial charge is 0.262 e. The fraction of sp³-hybridized carbons (Fsp3) is 0.348. The second-order valence-electron chi connectivity index (χ2n) is 7.48. The molecule has 6 nitrogen and oxygen atoms in total. The number of carbonyl (C=O) groups excluding carboxylic acids is 1. The third kappa shape index (κ3) is 6.97. The van der Waals surface area contributed by atoms with Gasteiger partial charge in [0.2, 0.25) is 5.91 Å². The molecule has 1 amide bonds. The van der Waals surface area contributed by atoms with Crippen molar-refractivity contribution in [2.24, 2.45) is 0 Å². The van der Waals surface area contributed by atoms with Gasteiger partial charge in [0.25, 0.3) is 5.56 Å². The van der Waals surface area contributed by atoms with Crippen LogP contribution < -0.4 is 10.9 Å². The van der Waals surface area contributed by atoms with Gasteiger partial charge in [-0.1, -0.05) is 47.1 Å². The third-order valence-electron chi connectivity index (χ3n) is 4.57. The van der Waals surface area contributed by atoms with Gasteiger partial charge in [-0.05, 0) is 56.2 Å². The molecule has 0 aliphatic heterocycles. The molecule has 0 aliphatic carbocycles. The van der Waals surface area contributed by atoms with Gasteiger partial charge in [0.1, 0.15) is 0 Å². The average Bonchev–Trinajstić information content (AvgIpc) is 2.74. The first-order valence-corrected chi connectivity index (χ1v) is 12.0. The topological polar surface area (TPSA) is 73.2 Å². The highest BCUT2D eigenvalue weighted by Crippen LogP contribution is 2.21. The molecule has 0 unspecified atom stereocenters. The SMILES string of the molecule is CC(C)OCCCn1c(SCC(=O)NCc2cccc(Cl)c2)nc2cc(Cl)ccc2c1=O. The second kappa shape index (κ2) is 11.7. The molecule has 3 aromatic rings. The van der Waals surface area contributed by atoms with Gasteiger partial charge >= 0.3 is 0 Å². The third-order valence-corrected chi connectivity index (χ3v) is 6.02. The van der Waals surface area contributed by atoms with Crippen molar-refractivity contribution in [1.82, 2.24) is 14.9 Å². The van der Waals surface area contributed by atoms with Crippen LogP contribution in [0.15, 0.2) is 52.4 Å². The minimum atomic E-state index is -0.162. The standard InChI is InChI=1S/C23H25Cl2N3O3S/c1-15(2)31-10-4-9-28-22(30)19-8-7-18(25)12-20(19)27-23(28)32-14-21(29)26-13-16-5-3-6-17(24)11-16/h3,5-8,11-12,15H,4,9-10,13-14H2,1-2H3,(H,26,29). The first kappa shape index (κ1) is 24.6. The Hall–Kier alpha value is -2.06. The summed E-state index contributed by atoms with van der Waals surface area (Å²) in [6.07, 6.45) is 0.786. The Balaban J connectivity index is 1.73. The number of nitrogens with one attached hydrogen (secondary N) is 1. The van der Waals surface area contributed by atoms with E-state index in [1.807, 2.05) is 26.0 Å². The Morgan fingerprint density at radius 1 is 1.19 bits per heavy atom. The molecule has 0 bridgehead atoms. The summed E-state index contributed by atoms with van der Waals surface area (Å²) in [5.41, 5.74) is 1.27. The monoisotopic (exact) mass is 493 g/mol. The maximum Gasteiger partial charge on any atom is 0.262 e. The number of hydrogen-bond acceptors (Lipinski definition) is 5. The lowest BCUT2D eigenvalue weighted by molar-refractivity contribution is -0.118. The number of fused-ring (bicyclic) bond motifs is 1. The summed E-state index contributed by atoms with van der Waals surface area (Å²) in [7, 11) is 0. The fourth-order valence-electron chi connectivity index (χ4n) is 3.05. The Morgan fingerprint density at radius 3 is 2.72 bits per heavy atom. The lowest BCUT2D eigenvalue weighted by Gasteiger charge is -2.14. The van der Waals surface area contributed by atoms with E-state index in [2.05, 4.69) is 10.3 Å². The van der Waals surface area contributed by atoms with Crippen molar-refractivity contribution in [1.29, 1.82) is 0 Å². The van der Waals surface area contributed by atoms with E-state index in [1.165, 1.54) is 11.8 Å². The van der Waals surface area contributed by atoms with E-state index in [1.54, 1.807) is 34.9 Å². The summed E-state index contributed by atoms with van der Waals surface area (Å²) in [6.45, 7) is 5.30. The second-order valence-corrected chi connectivity index (χ2v) is 9.30. The summed E-state index contributed by atoms with van der Waals surface area (Å²) in [4.78, 5) is 30.1. The Bertz CT molecular complexity index is 1150. The quantitative estimate of drug-likeness (QED) is 0.246. The number of carbonyl (C=O) groups is 1. The van der Waals surface area contributed by atoms with Gasteiger partial charge in [0, 0.05) is 29.7 Å². The number of halogens is 2. The van der Waals surface area contributed by atoms with Crippen molar-refractivity contribution in [3.63, 3.8) is 0 Å². The largest absolute Gasteiger partial charge is 0.379 e. The number of ether oxygens (including phenoxy) is 1. The van der Waals surface area contributed by atoms with Crippen molar-refractivity contribution in [2.45, 2.75) is 44.6 Å². The van der Waals surface area contributed by atoms with Gasteiger partial charge in [-0.25, -0.2) is 4.98 Å². The van der Waals surface area contributed by atoms with Crippen LogP contribution >= 0.6 is 35.0 Å². The minimum Gasteiger partial charge on any atom is -0.379 e. The molecule has 1 aromatic heterocycles. The summed E-state index contributed by atoms with van der Waals surface area (Å²) in [5.74, 6) is -0.0354. The zero-order chi connectivity index (χ0) is 23.1. The maximum absolute atomic E-state index is 13.1. The van der Waals surface area contributed by atoms with Crippen molar-refractivity contribution in [3.05, 3.63) is 68.4 Å². The predicted octanol–water partition coefficient (Wildman–Crippen LogP) is 4.93. The molecule has 0 atom stereocenters. The van der Waals surface area contributed by atoms with Crippen LogP contribution in [-0.2, 0) is 22.6 Å². The Morgan fingerprint density at radius 2 is 1.97 bits per heavy atom. The van der Waals surface area contributed by atoms with Crippen LogP contribution in [0.2, 0.25) is 10.0 Å². The lowest BCUT2D eigenvalue weighted by Crippen LogP contribution is -2.27. The fourth-order valence-corrected chi connectivity index (χ4v) is 4.29. The van der Waals surface area contributed by atoms with Crippen molar-refractivity contribution < 1.29 is 9.53 Å². The first-order chi connectivity index (χ1) is 15.3. The van der Waals surface area contributed by atoms with E-state index < -0.39 is 0 Å².